The van der Waals surface area contributed by atoms with Crippen LogP contribution in [0.4, 0.5) is 5.82 Å². The summed E-state index contributed by atoms with van der Waals surface area (Å²) in [6.07, 6.45) is 7.15. The Morgan fingerprint density at radius 1 is 1.39 bits per heavy atom. The van der Waals surface area contributed by atoms with E-state index in [4.69, 9.17) is 16.3 Å². The number of nitrogens with zero attached hydrogens (tertiary/aromatic N) is 2. The van der Waals surface area contributed by atoms with E-state index in [1.54, 1.807) is 12.4 Å². The summed E-state index contributed by atoms with van der Waals surface area (Å²) in [7, 11) is 0. The van der Waals surface area contributed by atoms with Crippen LogP contribution in [0.1, 0.15) is 26.2 Å². The van der Waals surface area contributed by atoms with Crippen LogP contribution >= 0.6 is 11.6 Å². The van der Waals surface area contributed by atoms with Gasteiger partial charge in [0.1, 0.15) is 5.82 Å². The summed E-state index contributed by atoms with van der Waals surface area (Å²) in [5, 5.41) is 3.34. The topological polar surface area (TPSA) is 47.0 Å². The Morgan fingerprint density at radius 2 is 2.22 bits per heavy atom. The highest BCUT2D eigenvalue weighted by Crippen LogP contribution is 2.32. The second-order valence-electron chi connectivity index (χ2n) is 4.66. The minimum absolute atomic E-state index is 0.572. The summed E-state index contributed by atoms with van der Waals surface area (Å²) in [5.41, 5.74) is 0. The SMILES string of the molecule is CCOc1cncc(NCC2CCCC2CCl)n1. The van der Waals surface area contributed by atoms with Crippen molar-refractivity contribution in [1.29, 1.82) is 0 Å². The molecule has 1 fully saturated rings. The molecule has 2 unspecified atom stereocenters. The van der Waals surface area contributed by atoms with Gasteiger partial charge in [0.05, 0.1) is 19.0 Å². The van der Waals surface area contributed by atoms with Gasteiger partial charge in [-0.15, -0.1) is 11.6 Å². The zero-order valence-electron chi connectivity index (χ0n) is 10.7. The van der Waals surface area contributed by atoms with Crippen molar-refractivity contribution in [3.05, 3.63) is 12.4 Å². The van der Waals surface area contributed by atoms with Crippen molar-refractivity contribution in [1.82, 2.24) is 9.97 Å². The minimum atomic E-state index is 0.572. The van der Waals surface area contributed by atoms with E-state index in [-0.39, 0.29) is 0 Å². The number of aromatic nitrogens is 2. The average Bonchev–Trinajstić information content (AvgIpc) is 2.84. The molecule has 0 spiro atoms. The van der Waals surface area contributed by atoms with Crippen LogP contribution in [0.25, 0.3) is 0 Å². The van der Waals surface area contributed by atoms with Crippen molar-refractivity contribution in [3.63, 3.8) is 0 Å². The highest BCUT2D eigenvalue weighted by Gasteiger charge is 2.26. The molecular formula is C13H20ClN3O. The van der Waals surface area contributed by atoms with Gasteiger partial charge in [-0.2, -0.15) is 4.98 Å². The molecule has 1 aromatic rings. The lowest BCUT2D eigenvalue weighted by Crippen LogP contribution is -2.20. The maximum Gasteiger partial charge on any atom is 0.234 e. The van der Waals surface area contributed by atoms with E-state index in [1.807, 2.05) is 6.92 Å². The molecule has 1 heterocycles. The molecule has 0 amide bonds. The Morgan fingerprint density at radius 3 is 3.00 bits per heavy atom. The van der Waals surface area contributed by atoms with Gasteiger partial charge >= 0.3 is 0 Å². The van der Waals surface area contributed by atoms with Crippen LogP contribution in [-0.4, -0.2) is 29.0 Å². The van der Waals surface area contributed by atoms with Crippen LogP contribution in [0.15, 0.2) is 12.4 Å². The number of hydrogen-bond acceptors (Lipinski definition) is 4. The predicted octanol–water partition coefficient (Wildman–Crippen LogP) is 2.94. The molecule has 1 aromatic heterocycles. The third-order valence-corrected chi connectivity index (χ3v) is 3.86. The number of anilines is 1. The first-order valence-electron chi connectivity index (χ1n) is 6.58. The van der Waals surface area contributed by atoms with Gasteiger partial charge < -0.3 is 10.1 Å². The van der Waals surface area contributed by atoms with Crippen LogP contribution in [0.5, 0.6) is 5.88 Å². The fourth-order valence-electron chi connectivity index (χ4n) is 2.47. The van der Waals surface area contributed by atoms with Gasteiger partial charge in [0.15, 0.2) is 0 Å². The maximum absolute atomic E-state index is 5.98. The van der Waals surface area contributed by atoms with E-state index in [0.717, 1.165) is 18.2 Å². The molecular weight excluding hydrogens is 250 g/mol. The molecule has 5 heteroatoms. The minimum Gasteiger partial charge on any atom is -0.477 e. The molecule has 2 rings (SSSR count). The fourth-order valence-corrected chi connectivity index (χ4v) is 2.88. The summed E-state index contributed by atoms with van der Waals surface area (Å²) in [6.45, 7) is 3.46. The summed E-state index contributed by atoms with van der Waals surface area (Å²) in [6, 6.07) is 0. The molecule has 1 N–H and O–H groups in total. The normalized spacial score (nSPS) is 23.0. The van der Waals surface area contributed by atoms with E-state index in [0.29, 0.717) is 24.3 Å². The second-order valence-corrected chi connectivity index (χ2v) is 4.97. The standard InChI is InChI=1S/C13H20ClN3O/c1-2-18-13-9-15-8-12(17-13)16-7-11-5-3-4-10(11)6-14/h8-11H,2-7H2,1H3,(H,16,17). The first-order chi connectivity index (χ1) is 8.83. The molecule has 0 saturated heterocycles. The smallest absolute Gasteiger partial charge is 0.234 e. The number of halogens is 1. The lowest BCUT2D eigenvalue weighted by Gasteiger charge is -2.17. The Labute approximate surface area is 113 Å². The van der Waals surface area contributed by atoms with Crippen molar-refractivity contribution in [3.8, 4) is 5.88 Å². The summed E-state index contributed by atoms with van der Waals surface area (Å²) in [4.78, 5) is 8.46. The van der Waals surface area contributed by atoms with Gasteiger partial charge in [-0.1, -0.05) is 6.42 Å². The van der Waals surface area contributed by atoms with Gasteiger partial charge in [0, 0.05) is 12.4 Å². The summed E-state index contributed by atoms with van der Waals surface area (Å²) in [5.74, 6) is 3.41. The van der Waals surface area contributed by atoms with Crippen molar-refractivity contribution in [2.45, 2.75) is 26.2 Å². The molecule has 18 heavy (non-hydrogen) atoms. The molecule has 1 saturated carbocycles. The lowest BCUT2D eigenvalue weighted by molar-refractivity contribution is 0.325. The van der Waals surface area contributed by atoms with Gasteiger partial charge in [-0.25, -0.2) is 0 Å². The molecule has 0 radical (unpaired) electrons. The molecule has 0 aromatic carbocycles. The Hall–Kier alpha value is -1.03. The quantitative estimate of drug-likeness (QED) is 0.807. The van der Waals surface area contributed by atoms with E-state index in [2.05, 4.69) is 15.3 Å². The van der Waals surface area contributed by atoms with E-state index < -0.39 is 0 Å². The van der Waals surface area contributed by atoms with Crippen molar-refractivity contribution in [2.24, 2.45) is 11.8 Å². The Balaban J connectivity index is 1.87. The zero-order chi connectivity index (χ0) is 12.8. The molecule has 1 aliphatic carbocycles. The van der Waals surface area contributed by atoms with Gasteiger partial charge in [0.2, 0.25) is 5.88 Å². The Kier molecular flexibility index (Phi) is 5.05. The van der Waals surface area contributed by atoms with E-state index >= 15 is 0 Å². The van der Waals surface area contributed by atoms with Crippen LogP contribution in [0.2, 0.25) is 0 Å². The third kappa shape index (κ3) is 3.48. The van der Waals surface area contributed by atoms with Gasteiger partial charge in [0.25, 0.3) is 0 Å². The summed E-state index contributed by atoms with van der Waals surface area (Å²) < 4.78 is 5.33. The third-order valence-electron chi connectivity index (χ3n) is 3.46. The van der Waals surface area contributed by atoms with Crippen LogP contribution in [0, 0.1) is 11.8 Å². The van der Waals surface area contributed by atoms with Crippen LogP contribution in [-0.2, 0) is 0 Å². The molecule has 0 bridgehead atoms. The molecule has 0 aliphatic heterocycles. The van der Waals surface area contributed by atoms with E-state index in [9.17, 15) is 0 Å². The number of hydrogen-bond donors (Lipinski definition) is 1. The number of ether oxygens (including phenoxy) is 1. The average molecular weight is 270 g/mol. The first kappa shape index (κ1) is 13.4. The number of nitrogens with one attached hydrogen (secondary N) is 1. The lowest BCUT2D eigenvalue weighted by atomic mass is 9.98. The highest BCUT2D eigenvalue weighted by atomic mass is 35.5. The first-order valence-corrected chi connectivity index (χ1v) is 7.11. The van der Waals surface area contributed by atoms with Crippen LogP contribution < -0.4 is 10.1 Å². The van der Waals surface area contributed by atoms with Gasteiger partial charge in [-0.3, -0.25) is 4.98 Å². The van der Waals surface area contributed by atoms with Crippen molar-refractivity contribution >= 4 is 17.4 Å². The van der Waals surface area contributed by atoms with Gasteiger partial charge in [-0.05, 0) is 31.6 Å². The fraction of sp³-hybridized carbons (Fsp3) is 0.692. The van der Waals surface area contributed by atoms with E-state index in [1.165, 1.54) is 19.3 Å². The number of rotatable bonds is 6. The monoisotopic (exact) mass is 269 g/mol. The Bertz CT molecular complexity index is 375. The van der Waals surface area contributed by atoms with Crippen LogP contribution in [0.3, 0.4) is 0 Å². The highest BCUT2D eigenvalue weighted by molar-refractivity contribution is 6.18. The molecule has 1 aliphatic rings. The molecule has 2 atom stereocenters. The number of alkyl halides is 1. The van der Waals surface area contributed by atoms with Crippen molar-refractivity contribution in [2.75, 3.05) is 24.3 Å². The molecule has 4 nitrogen and oxygen atoms in total. The van der Waals surface area contributed by atoms with Crippen molar-refractivity contribution < 1.29 is 4.74 Å². The maximum atomic E-state index is 5.98. The molecule has 100 valence electrons. The zero-order valence-corrected chi connectivity index (χ0v) is 11.5. The predicted molar refractivity (Wildman–Crippen MR) is 73.2 cm³/mol. The largest absolute Gasteiger partial charge is 0.477 e. The summed E-state index contributed by atoms with van der Waals surface area (Å²) >= 11 is 5.98. The second kappa shape index (κ2) is 6.78.